The normalized spacial score (nSPS) is 9.94. The second-order valence-electron chi connectivity index (χ2n) is 3.53. The van der Waals surface area contributed by atoms with Crippen LogP contribution in [0, 0.1) is 0 Å². The van der Waals surface area contributed by atoms with Gasteiger partial charge in [0.05, 0.1) is 6.61 Å². The van der Waals surface area contributed by atoms with Crippen molar-refractivity contribution in [3.8, 4) is 0 Å². The van der Waals surface area contributed by atoms with Gasteiger partial charge in [-0.05, 0) is 29.8 Å². The molecule has 0 saturated carbocycles. The summed E-state index contributed by atoms with van der Waals surface area (Å²) in [7, 11) is 0. The number of amides is 1. The van der Waals surface area contributed by atoms with E-state index in [9.17, 15) is 4.79 Å². The predicted octanol–water partition coefficient (Wildman–Crippen LogP) is 1.83. The van der Waals surface area contributed by atoms with Crippen LogP contribution in [0.4, 0.5) is 5.69 Å². The van der Waals surface area contributed by atoms with Crippen LogP contribution in [0.3, 0.4) is 0 Å². The van der Waals surface area contributed by atoms with Crippen molar-refractivity contribution < 1.29 is 9.90 Å². The second-order valence-corrected chi connectivity index (χ2v) is 3.53. The van der Waals surface area contributed by atoms with Gasteiger partial charge in [0.15, 0.2) is 0 Å². The second kappa shape index (κ2) is 5.23. The molecule has 2 rings (SSSR count). The fourth-order valence-corrected chi connectivity index (χ4v) is 1.44. The first kappa shape index (κ1) is 11.3. The quantitative estimate of drug-likeness (QED) is 0.842. The van der Waals surface area contributed by atoms with Gasteiger partial charge in [-0.2, -0.15) is 0 Å². The van der Waals surface area contributed by atoms with Crippen molar-refractivity contribution >= 4 is 11.6 Å². The molecule has 0 saturated heterocycles. The van der Waals surface area contributed by atoms with Crippen molar-refractivity contribution in [2.75, 3.05) is 5.32 Å². The van der Waals surface area contributed by atoms with E-state index in [1.165, 1.54) is 0 Å². The highest BCUT2D eigenvalue weighted by molar-refractivity contribution is 6.02. The Hall–Kier alpha value is -2.20. The number of pyridine rings is 1. The van der Waals surface area contributed by atoms with Crippen LogP contribution < -0.4 is 5.32 Å². The third-order valence-electron chi connectivity index (χ3n) is 2.26. The van der Waals surface area contributed by atoms with Gasteiger partial charge >= 0.3 is 0 Å². The van der Waals surface area contributed by atoms with Gasteiger partial charge in [0, 0.05) is 11.9 Å². The Balaban J connectivity index is 2.13. The molecule has 1 amide bonds. The van der Waals surface area contributed by atoms with E-state index in [1.54, 1.807) is 48.7 Å². The number of nitrogens with zero attached hydrogens (tertiary/aromatic N) is 1. The van der Waals surface area contributed by atoms with E-state index in [-0.39, 0.29) is 12.5 Å². The van der Waals surface area contributed by atoms with Crippen molar-refractivity contribution in [1.29, 1.82) is 0 Å². The highest BCUT2D eigenvalue weighted by atomic mass is 16.3. The first-order valence-electron chi connectivity index (χ1n) is 5.22. The van der Waals surface area contributed by atoms with Crippen molar-refractivity contribution in [3.05, 3.63) is 59.9 Å². The number of carbonyl (C=O) groups is 1. The smallest absolute Gasteiger partial charge is 0.274 e. The Labute approximate surface area is 98.9 Å². The molecule has 4 heteroatoms. The third kappa shape index (κ3) is 2.89. The maximum atomic E-state index is 11.8. The minimum atomic E-state index is -0.263. The van der Waals surface area contributed by atoms with Gasteiger partial charge < -0.3 is 10.4 Å². The van der Waals surface area contributed by atoms with Gasteiger partial charge in [-0.1, -0.05) is 18.2 Å². The summed E-state index contributed by atoms with van der Waals surface area (Å²) in [5.41, 5.74) is 1.76. The lowest BCUT2D eigenvalue weighted by Crippen LogP contribution is -2.13. The van der Waals surface area contributed by atoms with E-state index >= 15 is 0 Å². The van der Waals surface area contributed by atoms with Crippen LogP contribution in [0.15, 0.2) is 48.7 Å². The van der Waals surface area contributed by atoms with Crippen molar-refractivity contribution in [1.82, 2.24) is 4.98 Å². The number of anilines is 1. The van der Waals surface area contributed by atoms with E-state index in [2.05, 4.69) is 10.3 Å². The molecule has 17 heavy (non-hydrogen) atoms. The van der Waals surface area contributed by atoms with E-state index in [0.29, 0.717) is 11.4 Å². The molecule has 0 aliphatic rings. The Morgan fingerprint density at radius 3 is 2.82 bits per heavy atom. The first-order valence-corrected chi connectivity index (χ1v) is 5.22. The molecule has 0 radical (unpaired) electrons. The lowest BCUT2D eigenvalue weighted by atomic mass is 10.2. The Morgan fingerprint density at radius 2 is 2.12 bits per heavy atom. The highest BCUT2D eigenvalue weighted by Gasteiger charge is 2.06. The van der Waals surface area contributed by atoms with Gasteiger partial charge in [-0.3, -0.25) is 9.78 Å². The molecule has 0 atom stereocenters. The summed E-state index contributed by atoms with van der Waals surface area (Å²) in [5.74, 6) is -0.263. The fourth-order valence-electron chi connectivity index (χ4n) is 1.44. The number of benzene rings is 1. The summed E-state index contributed by atoms with van der Waals surface area (Å²) in [6, 6.07) is 12.2. The van der Waals surface area contributed by atoms with Gasteiger partial charge in [-0.25, -0.2) is 0 Å². The molecule has 0 fully saturated rings. The molecule has 1 aromatic heterocycles. The van der Waals surface area contributed by atoms with E-state index in [4.69, 9.17) is 5.11 Å². The zero-order valence-corrected chi connectivity index (χ0v) is 9.13. The van der Waals surface area contributed by atoms with Crippen LogP contribution in [0.2, 0.25) is 0 Å². The maximum absolute atomic E-state index is 11.8. The average molecular weight is 228 g/mol. The number of rotatable bonds is 3. The molecule has 0 aliphatic carbocycles. The van der Waals surface area contributed by atoms with Crippen molar-refractivity contribution in [2.45, 2.75) is 6.61 Å². The molecule has 0 bridgehead atoms. The maximum Gasteiger partial charge on any atom is 0.274 e. The number of aromatic nitrogens is 1. The van der Waals surface area contributed by atoms with Crippen LogP contribution in [0.25, 0.3) is 0 Å². The number of hydrogen-bond acceptors (Lipinski definition) is 3. The van der Waals surface area contributed by atoms with E-state index < -0.39 is 0 Å². The molecule has 1 aromatic carbocycles. The summed E-state index contributed by atoms with van der Waals surface area (Å²) in [4.78, 5) is 15.7. The molecule has 4 nitrogen and oxygen atoms in total. The fraction of sp³-hybridized carbons (Fsp3) is 0.0769. The van der Waals surface area contributed by atoms with Crippen molar-refractivity contribution in [2.24, 2.45) is 0 Å². The average Bonchev–Trinajstić information content (AvgIpc) is 2.40. The van der Waals surface area contributed by atoms with Gasteiger partial charge in [0.1, 0.15) is 5.69 Å². The predicted molar refractivity (Wildman–Crippen MR) is 64.6 cm³/mol. The minimum absolute atomic E-state index is 0.0483. The number of nitrogens with one attached hydrogen (secondary N) is 1. The zero-order chi connectivity index (χ0) is 12.1. The summed E-state index contributed by atoms with van der Waals surface area (Å²) >= 11 is 0. The molecule has 86 valence electrons. The summed E-state index contributed by atoms with van der Waals surface area (Å²) in [5, 5.41) is 11.7. The van der Waals surface area contributed by atoms with Crippen LogP contribution in [-0.4, -0.2) is 16.0 Å². The molecule has 0 spiro atoms. The van der Waals surface area contributed by atoms with Crippen LogP contribution >= 0.6 is 0 Å². The van der Waals surface area contributed by atoms with Crippen LogP contribution in [-0.2, 0) is 6.61 Å². The topological polar surface area (TPSA) is 62.2 Å². The summed E-state index contributed by atoms with van der Waals surface area (Å²) in [6.45, 7) is -0.0483. The van der Waals surface area contributed by atoms with Gasteiger partial charge in [0.2, 0.25) is 0 Å². The molecular weight excluding hydrogens is 216 g/mol. The molecule has 2 N–H and O–H groups in total. The molecule has 1 heterocycles. The lowest BCUT2D eigenvalue weighted by Gasteiger charge is -2.05. The molecule has 0 aliphatic heterocycles. The Morgan fingerprint density at radius 1 is 1.24 bits per heavy atom. The van der Waals surface area contributed by atoms with Crippen molar-refractivity contribution in [3.63, 3.8) is 0 Å². The Kier molecular flexibility index (Phi) is 3.47. The lowest BCUT2D eigenvalue weighted by molar-refractivity contribution is 0.102. The standard InChI is InChI=1S/C13H12N2O2/c16-9-10-4-3-5-11(8-10)15-13(17)12-6-1-2-7-14-12/h1-8,16H,9H2,(H,15,17). The van der Waals surface area contributed by atoms with E-state index in [0.717, 1.165) is 5.56 Å². The molecule has 0 unspecified atom stereocenters. The minimum Gasteiger partial charge on any atom is -0.392 e. The summed E-state index contributed by atoms with van der Waals surface area (Å²) in [6.07, 6.45) is 1.57. The third-order valence-corrected chi connectivity index (χ3v) is 2.26. The molecule has 2 aromatic rings. The number of carbonyl (C=O) groups excluding carboxylic acids is 1. The number of hydrogen-bond donors (Lipinski definition) is 2. The number of aliphatic hydroxyl groups is 1. The largest absolute Gasteiger partial charge is 0.392 e. The van der Waals surface area contributed by atoms with E-state index in [1.807, 2.05) is 0 Å². The zero-order valence-electron chi connectivity index (χ0n) is 9.13. The number of aliphatic hydroxyl groups excluding tert-OH is 1. The van der Waals surface area contributed by atoms with Crippen LogP contribution in [0.1, 0.15) is 16.1 Å². The summed E-state index contributed by atoms with van der Waals surface area (Å²) < 4.78 is 0. The van der Waals surface area contributed by atoms with Gasteiger partial charge in [0.25, 0.3) is 5.91 Å². The Bertz CT molecular complexity index is 512. The SMILES string of the molecule is O=C(Nc1cccc(CO)c1)c1ccccn1. The first-order chi connectivity index (χ1) is 8.29. The highest BCUT2D eigenvalue weighted by Crippen LogP contribution is 2.11. The molecular formula is C13H12N2O2. The monoisotopic (exact) mass is 228 g/mol. The van der Waals surface area contributed by atoms with Gasteiger partial charge in [-0.15, -0.1) is 0 Å². The van der Waals surface area contributed by atoms with Crippen LogP contribution in [0.5, 0.6) is 0 Å².